The first-order valence-electron chi connectivity index (χ1n) is 4.54. The van der Waals surface area contributed by atoms with Crippen molar-refractivity contribution in [2.75, 3.05) is 20.3 Å². The molecule has 0 aromatic heterocycles. The van der Waals surface area contributed by atoms with Gasteiger partial charge in [-0.05, 0) is 13.8 Å². The minimum atomic E-state index is -0.283. The summed E-state index contributed by atoms with van der Waals surface area (Å²) in [7, 11) is 1.37. The van der Waals surface area contributed by atoms with E-state index in [1.54, 1.807) is 0 Å². The molecule has 0 aliphatic heterocycles. The van der Waals surface area contributed by atoms with Crippen LogP contribution in [0.4, 0.5) is 0 Å². The number of ether oxygens (including phenoxy) is 3. The van der Waals surface area contributed by atoms with Crippen molar-refractivity contribution in [3.63, 3.8) is 0 Å². The average molecular weight is 190 g/mol. The second-order valence-corrected chi connectivity index (χ2v) is 2.46. The smallest absolute Gasteiger partial charge is 0.305 e. The molecule has 0 atom stereocenters. The van der Waals surface area contributed by atoms with E-state index >= 15 is 0 Å². The standard InChI is InChI=1S/C9H18O4/c1-4-12-9(13-5-2)7-6-8(10)11-3/h9H,4-7H2,1-3H3. The fourth-order valence-electron chi connectivity index (χ4n) is 0.924. The second-order valence-electron chi connectivity index (χ2n) is 2.46. The summed E-state index contributed by atoms with van der Waals surface area (Å²) in [6.45, 7) is 4.96. The van der Waals surface area contributed by atoms with E-state index in [0.29, 0.717) is 26.1 Å². The van der Waals surface area contributed by atoms with Crippen LogP contribution in [0.3, 0.4) is 0 Å². The lowest BCUT2D eigenvalue weighted by atomic mass is 10.3. The van der Waals surface area contributed by atoms with Crippen LogP contribution in [0.1, 0.15) is 26.7 Å². The first-order valence-corrected chi connectivity index (χ1v) is 4.54. The van der Waals surface area contributed by atoms with Gasteiger partial charge in [-0.3, -0.25) is 4.79 Å². The number of rotatable bonds is 7. The summed E-state index contributed by atoms with van der Waals surface area (Å²) >= 11 is 0. The molecule has 0 rings (SSSR count). The molecule has 13 heavy (non-hydrogen) atoms. The van der Waals surface area contributed by atoms with Gasteiger partial charge in [0.1, 0.15) is 0 Å². The van der Waals surface area contributed by atoms with Crippen LogP contribution in [-0.2, 0) is 19.0 Å². The SMILES string of the molecule is CCOC(CCC(=O)OC)OCC. The van der Waals surface area contributed by atoms with Gasteiger partial charge in [-0.1, -0.05) is 0 Å². The molecule has 0 unspecified atom stereocenters. The summed E-state index contributed by atoms with van der Waals surface area (Å²) in [6.07, 6.45) is 0.601. The summed E-state index contributed by atoms with van der Waals surface area (Å²) in [5.74, 6) is -0.232. The van der Waals surface area contributed by atoms with E-state index in [2.05, 4.69) is 4.74 Å². The molecule has 0 aromatic carbocycles. The summed E-state index contributed by atoms with van der Waals surface area (Å²) in [4.78, 5) is 10.8. The van der Waals surface area contributed by atoms with Crippen molar-refractivity contribution < 1.29 is 19.0 Å². The molecule has 4 nitrogen and oxygen atoms in total. The molecule has 4 heteroatoms. The largest absolute Gasteiger partial charge is 0.469 e. The molecular weight excluding hydrogens is 172 g/mol. The van der Waals surface area contributed by atoms with Gasteiger partial charge in [0.15, 0.2) is 6.29 Å². The molecule has 0 spiro atoms. The van der Waals surface area contributed by atoms with E-state index in [0.717, 1.165) is 0 Å². The second kappa shape index (κ2) is 8.01. The Morgan fingerprint density at radius 1 is 1.23 bits per heavy atom. The monoisotopic (exact) mass is 190 g/mol. The van der Waals surface area contributed by atoms with Gasteiger partial charge in [-0.15, -0.1) is 0 Å². The molecule has 0 saturated carbocycles. The highest BCUT2D eigenvalue weighted by molar-refractivity contribution is 5.69. The first-order chi connectivity index (χ1) is 6.24. The maximum Gasteiger partial charge on any atom is 0.305 e. The maximum atomic E-state index is 10.8. The summed E-state index contributed by atoms with van der Waals surface area (Å²) in [6, 6.07) is 0. The number of hydrogen-bond acceptors (Lipinski definition) is 4. The van der Waals surface area contributed by atoms with Gasteiger partial charge >= 0.3 is 5.97 Å². The van der Waals surface area contributed by atoms with E-state index in [-0.39, 0.29) is 12.3 Å². The molecular formula is C9H18O4. The Morgan fingerprint density at radius 3 is 2.15 bits per heavy atom. The first kappa shape index (κ1) is 12.4. The van der Waals surface area contributed by atoms with Gasteiger partial charge in [-0.2, -0.15) is 0 Å². The van der Waals surface area contributed by atoms with E-state index in [1.165, 1.54) is 7.11 Å². The minimum Gasteiger partial charge on any atom is -0.469 e. The third kappa shape index (κ3) is 6.54. The third-order valence-corrected chi connectivity index (χ3v) is 1.52. The number of carbonyl (C=O) groups is 1. The quantitative estimate of drug-likeness (QED) is 0.449. The zero-order valence-corrected chi connectivity index (χ0v) is 8.54. The molecule has 0 amide bonds. The van der Waals surface area contributed by atoms with Crippen molar-refractivity contribution in [1.82, 2.24) is 0 Å². The highest BCUT2D eigenvalue weighted by Crippen LogP contribution is 2.04. The lowest BCUT2D eigenvalue weighted by Crippen LogP contribution is -2.19. The molecule has 0 radical (unpaired) electrons. The van der Waals surface area contributed by atoms with Crippen LogP contribution in [-0.4, -0.2) is 32.6 Å². The predicted molar refractivity (Wildman–Crippen MR) is 48.3 cm³/mol. The number of hydrogen-bond donors (Lipinski definition) is 0. The van der Waals surface area contributed by atoms with Gasteiger partial charge in [0.25, 0.3) is 0 Å². The molecule has 0 bridgehead atoms. The van der Waals surface area contributed by atoms with Crippen LogP contribution in [0.5, 0.6) is 0 Å². The van der Waals surface area contributed by atoms with Gasteiger partial charge in [0.2, 0.25) is 0 Å². The van der Waals surface area contributed by atoms with Gasteiger partial charge in [-0.25, -0.2) is 0 Å². The Hall–Kier alpha value is -0.610. The van der Waals surface area contributed by atoms with Gasteiger partial charge < -0.3 is 14.2 Å². The molecule has 78 valence electrons. The molecule has 0 aliphatic rings. The zero-order chi connectivity index (χ0) is 10.1. The van der Waals surface area contributed by atoms with Crippen molar-refractivity contribution in [3.8, 4) is 0 Å². The third-order valence-electron chi connectivity index (χ3n) is 1.52. The van der Waals surface area contributed by atoms with Crippen LogP contribution in [0.25, 0.3) is 0 Å². The number of methoxy groups -OCH3 is 1. The van der Waals surface area contributed by atoms with Crippen molar-refractivity contribution in [1.29, 1.82) is 0 Å². The van der Waals surface area contributed by atoms with Crippen molar-refractivity contribution in [2.24, 2.45) is 0 Å². The maximum absolute atomic E-state index is 10.8. The topological polar surface area (TPSA) is 44.8 Å². The summed E-state index contributed by atoms with van der Waals surface area (Å²) in [5.41, 5.74) is 0. The van der Waals surface area contributed by atoms with E-state index in [4.69, 9.17) is 9.47 Å². The van der Waals surface area contributed by atoms with Crippen LogP contribution < -0.4 is 0 Å². The Bertz CT molecular complexity index is 130. The average Bonchev–Trinajstić information content (AvgIpc) is 2.14. The lowest BCUT2D eigenvalue weighted by Gasteiger charge is -2.15. The molecule has 0 aliphatic carbocycles. The Labute approximate surface area is 79.2 Å². The van der Waals surface area contributed by atoms with Gasteiger partial charge in [0, 0.05) is 19.6 Å². The van der Waals surface area contributed by atoms with Gasteiger partial charge in [0.05, 0.1) is 13.5 Å². The molecule has 0 heterocycles. The lowest BCUT2D eigenvalue weighted by molar-refractivity contribution is -0.154. The van der Waals surface area contributed by atoms with Crippen LogP contribution >= 0.6 is 0 Å². The Balaban J connectivity index is 3.61. The number of carbonyl (C=O) groups excluding carboxylic acids is 1. The molecule has 0 aromatic rings. The van der Waals surface area contributed by atoms with E-state index in [9.17, 15) is 4.79 Å². The predicted octanol–water partition coefficient (Wildman–Crippen LogP) is 1.34. The highest BCUT2D eigenvalue weighted by Gasteiger charge is 2.10. The van der Waals surface area contributed by atoms with Crippen molar-refractivity contribution in [3.05, 3.63) is 0 Å². The normalized spacial score (nSPS) is 10.5. The number of esters is 1. The van der Waals surface area contributed by atoms with Crippen molar-refractivity contribution >= 4 is 5.97 Å². The fourth-order valence-corrected chi connectivity index (χ4v) is 0.924. The Kier molecular flexibility index (Phi) is 7.63. The fraction of sp³-hybridized carbons (Fsp3) is 0.889. The zero-order valence-electron chi connectivity index (χ0n) is 8.54. The molecule has 0 saturated heterocycles. The van der Waals surface area contributed by atoms with Crippen molar-refractivity contribution in [2.45, 2.75) is 33.0 Å². The van der Waals surface area contributed by atoms with E-state index < -0.39 is 0 Å². The summed E-state index contributed by atoms with van der Waals surface area (Å²) in [5, 5.41) is 0. The molecule has 0 fully saturated rings. The van der Waals surface area contributed by atoms with Crippen LogP contribution in [0.2, 0.25) is 0 Å². The van der Waals surface area contributed by atoms with E-state index in [1.807, 2.05) is 13.8 Å². The van der Waals surface area contributed by atoms with Crippen LogP contribution in [0.15, 0.2) is 0 Å². The molecule has 0 N–H and O–H groups in total. The van der Waals surface area contributed by atoms with Crippen LogP contribution in [0, 0.1) is 0 Å². The summed E-state index contributed by atoms with van der Waals surface area (Å²) < 4.78 is 15.0. The Morgan fingerprint density at radius 2 is 1.77 bits per heavy atom. The minimum absolute atomic E-state index is 0.232. The highest BCUT2D eigenvalue weighted by atomic mass is 16.7.